The first kappa shape index (κ1) is 14.9. The number of ketones is 1. The maximum absolute atomic E-state index is 12.6. The second kappa shape index (κ2) is 4.99. The van der Waals surface area contributed by atoms with E-state index in [4.69, 9.17) is 4.74 Å². The molecule has 118 valence electrons. The predicted molar refractivity (Wildman–Crippen MR) is 80.0 cm³/mol. The molecule has 0 aromatic rings. The Labute approximate surface area is 127 Å². The lowest BCUT2D eigenvalue weighted by molar-refractivity contribution is -0.158. The number of Topliss-reactive ketones (excluding diaryl/α,β-unsaturated/α-hetero) is 1. The van der Waals surface area contributed by atoms with Gasteiger partial charge in [-0.1, -0.05) is 19.3 Å². The predicted octanol–water partition coefficient (Wildman–Crippen LogP) is 3.54. The summed E-state index contributed by atoms with van der Waals surface area (Å²) in [6.45, 7) is 6.44. The summed E-state index contributed by atoms with van der Waals surface area (Å²) in [4.78, 5) is 27.1. The first-order valence-corrected chi connectivity index (χ1v) is 8.39. The molecule has 1 spiro atoms. The number of hydrogen-bond donors (Lipinski definition) is 0. The molecule has 0 N–H and O–H groups in total. The van der Waals surface area contributed by atoms with Crippen LogP contribution in [-0.2, 0) is 9.53 Å². The van der Waals surface area contributed by atoms with E-state index in [0.29, 0.717) is 5.78 Å². The van der Waals surface area contributed by atoms with Crippen LogP contribution < -0.4 is 0 Å². The molecule has 3 rings (SSSR count). The number of amides is 1. The van der Waals surface area contributed by atoms with Gasteiger partial charge in [-0.05, 0) is 46.5 Å². The highest BCUT2D eigenvalue weighted by Crippen LogP contribution is 2.57. The second-order valence-corrected chi connectivity index (χ2v) is 7.95. The molecule has 2 atom stereocenters. The van der Waals surface area contributed by atoms with Crippen LogP contribution in [0.15, 0.2) is 0 Å². The Morgan fingerprint density at radius 2 is 1.86 bits per heavy atom. The van der Waals surface area contributed by atoms with Gasteiger partial charge in [-0.25, -0.2) is 4.79 Å². The summed E-state index contributed by atoms with van der Waals surface area (Å²) in [5.41, 5.74) is -0.707. The Morgan fingerprint density at radius 3 is 2.48 bits per heavy atom. The number of ether oxygens (including phenoxy) is 1. The van der Waals surface area contributed by atoms with E-state index >= 15 is 0 Å². The number of hydrogen-bond acceptors (Lipinski definition) is 3. The molecular formula is C17H27NO3. The molecule has 0 unspecified atom stereocenters. The van der Waals surface area contributed by atoms with Gasteiger partial charge in [0, 0.05) is 12.5 Å². The van der Waals surface area contributed by atoms with Crippen LogP contribution >= 0.6 is 0 Å². The molecule has 1 aliphatic heterocycles. The molecule has 3 aliphatic rings. The van der Waals surface area contributed by atoms with Crippen molar-refractivity contribution < 1.29 is 14.3 Å². The summed E-state index contributed by atoms with van der Waals surface area (Å²) >= 11 is 0. The van der Waals surface area contributed by atoms with E-state index in [1.807, 2.05) is 25.7 Å². The summed E-state index contributed by atoms with van der Waals surface area (Å²) < 4.78 is 5.60. The Bertz CT molecular complexity index is 445. The van der Waals surface area contributed by atoms with Crippen LogP contribution in [0.5, 0.6) is 0 Å². The summed E-state index contributed by atoms with van der Waals surface area (Å²) in [7, 11) is 0. The second-order valence-electron chi connectivity index (χ2n) is 7.95. The fraction of sp³-hybridized carbons (Fsp3) is 0.882. The largest absolute Gasteiger partial charge is 0.444 e. The van der Waals surface area contributed by atoms with Crippen LogP contribution in [0.4, 0.5) is 4.79 Å². The van der Waals surface area contributed by atoms with Crippen LogP contribution in [0.3, 0.4) is 0 Å². The van der Waals surface area contributed by atoms with Crippen molar-refractivity contribution in [1.29, 1.82) is 0 Å². The van der Waals surface area contributed by atoms with Crippen molar-refractivity contribution in [2.45, 2.75) is 77.4 Å². The zero-order valence-electron chi connectivity index (χ0n) is 13.5. The molecule has 1 amide bonds. The highest BCUT2D eigenvalue weighted by atomic mass is 16.6. The zero-order valence-corrected chi connectivity index (χ0v) is 13.5. The summed E-state index contributed by atoms with van der Waals surface area (Å²) in [5, 5.41) is 0. The number of rotatable bonds is 0. The molecule has 4 heteroatoms. The number of nitrogens with zero attached hydrogens (tertiary/aromatic N) is 1. The Hall–Kier alpha value is -1.06. The minimum Gasteiger partial charge on any atom is -0.444 e. The van der Waals surface area contributed by atoms with E-state index in [1.165, 1.54) is 0 Å². The third kappa shape index (κ3) is 2.36. The van der Waals surface area contributed by atoms with Crippen LogP contribution in [0, 0.1) is 11.3 Å². The van der Waals surface area contributed by atoms with Crippen molar-refractivity contribution >= 4 is 11.9 Å². The van der Waals surface area contributed by atoms with E-state index < -0.39 is 5.60 Å². The highest BCUT2D eigenvalue weighted by molar-refractivity contribution is 5.96. The van der Waals surface area contributed by atoms with Gasteiger partial charge in [0.05, 0.1) is 11.5 Å². The van der Waals surface area contributed by atoms with Crippen molar-refractivity contribution in [2.24, 2.45) is 11.3 Å². The van der Waals surface area contributed by atoms with Gasteiger partial charge in [-0.3, -0.25) is 4.79 Å². The molecule has 3 fully saturated rings. The third-order valence-electron chi connectivity index (χ3n) is 5.40. The third-order valence-corrected chi connectivity index (χ3v) is 5.40. The molecule has 4 nitrogen and oxygen atoms in total. The van der Waals surface area contributed by atoms with E-state index in [0.717, 1.165) is 51.5 Å². The van der Waals surface area contributed by atoms with E-state index in [1.54, 1.807) is 0 Å². The van der Waals surface area contributed by atoms with Crippen molar-refractivity contribution in [1.82, 2.24) is 4.90 Å². The Kier molecular flexibility index (Phi) is 3.53. The number of fused-ring (bicyclic) bond motifs is 2. The molecule has 0 aromatic heterocycles. The van der Waals surface area contributed by atoms with Crippen molar-refractivity contribution in [3.05, 3.63) is 0 Å². The lowest BCUT2D eigenvalue weighted by atomic mass is 9.54. The van der Waals surface area contributed by atoms with Crippen molar-refractivity contribution in [3.63, 3.8) is 0 Å². The summed E-state index contributed by atoms with van der Waals surface area (Å²) in [5.74, 6) is 0.499. The molecule has 0 bridgehead atoms. The smallest absolute Gasteiger partial charge is 0.410 e. The maximum atomic E-state index is 12.6. The van der Waals surface area contributed by atoms with E-state index in [2.05, 4.69) is 0 Å². The van der Waals surface area contributed by atoms with Gasteiger partial charge in [0.1, 0.15) is 11.4 Å². The van der Waals surface area contributed by atoms with Gasteiger partial charge in [-0.15, -0.1) is 0 Å². The quantitative estimate of drug-likeness (QED) is 0.686. The molecule has 0 aromatic carbocycles. The first-order valence-electron chi connectivity index (χ1n) is 8.39. The van der Waals surface area contributed by atoms with Crippen LogP contribution in [0.1, 0.15) is 65.7 Å². The maximum Gasteiger partial charge on any atom is 0.410 e. The van der Waals surface area contributed by atoms with E-state index in [-0.39, 0.29) is 23.5 Å². The lowest BCUT2D eigenvalue weighted by Crippen LogP contribution is -2.68. The number of carbonyl (C=O) groups excluding carboxylic acids is 2. The molecular weight excluding hydrogens is 266 g/mol. The van der Waals surface area contributed by atoms with Crippen molar-refractivity contribution in [3.8, 4) is 0 Å². The molecule has 0 radical (unpaired) electrons. The van der Waals surface area contributed by atoms with Crippen LogP contribution in [-0.4, -0.2) is 35.0 Å². The fourth-order valence-corrected chi connectivity index (χ4v) is 4.61. The average molecular weight is 293 g/mol. The Morgan fingerprint density at radius 1 is 1.19 bits per heavy atom. The van der Waals surface area contributed by atoms with Gasteiger partial charge in [0.25, 0.3) is 0 Å². The summed E-state index contributed by atoms with van der Waals surface area (Å²) in [6.07, 6.45) is 6.92. The molecule has 21 heavy (non-hydrogen) atoms. The monoisotopic (exact) mass is 293 g/mol. The topological polar surface area (TPSA) is 46.6 Å². The summed E-state index contributed by atoms with van der Waals surface area (Å²) in [6, 6.07) is 0.102. The molecule has 2 saturated carbocycles. The number of carbonyl (C=O) groups is 2. The van der Waals surface area contributed by atoms with Crippen LogP contribution in [0.25, 0.3) is 0 Å². The highest BCUT2D eigenvalue weighted by Gasteiger charge is 2.65. The Balaban J connectivity index is 1.84. The standard InChI is InChI=1S/C17H27NO3/c1-16(2,3)21-15(20)18-11-7-4-8-12-13(18)17(14(12)19)9-5-6-10-17/h12-13H,4-11H2,1-3H3/t12-,13+/m1/s1. The minimum atomic E-state index is -0.477. The lowest BCUT2D eigenvalue weighted by Gasteiger charge is -2.55. The molecule has 1 heterocycles. The van der Waals surface area contributed by atoms with E-state index in [9.17, 15) is 9.59 Å². The van der Waals surface area contributed by atoms with Crippen molar-refractivity contribution in [2.75, 3.05) is 6.54 Å². The van der Waals surface area contributed by atoms with Gasteiger partial charge >= 0.3 is 6.09 Å². The van der Waals surface area contributed by atoms with Crippen LogP contribution in [0.2, 0.25) is 0 Å². The zero-order chi connectivity index (χ0) is 15.3. The minimum absolute atomic E-state index is 0.0677. The first-order chi connectivity index (χ1) is 9.85. The average Bonchev–Trinajstić information content (AvgIpc) is 2.80. The molecule has 1 saturated heterocycles. The van der Waals surface area contributed by atoms with Gasteiger partial charge in [-0.2, -0.15) is 0 Å². The van der Waals surface area contributed by atoms with Gasteiger partial charge in [0.2, 0.25) is 0 Å². The fourth-order valence-electron chi connectivity index (χ4n) is 4.61. The van der Waals surface area contributed by atoms with Gasteiger partial charge in [0.15, 0.2) is 0 Å². The SMILES string of the molecule is CC(C)(C)OC(=O)N1CCCC[C@H]2C(=O)C3(CCCC3)[C@H]21. The number of likely N-dealkylation sites (tertiary alicyclic amines) is 1. The normalized spacial score (nSPS) is 31.6. The molecule has 2 aliphatic carbocycles. The van der Waals surface area contributed by atoms with Gasteiger partial charge < -0.3 is 9.64 Å².